The summed E-state index contributed by atoms with van der Waals surface area (Å²) in [7, 11) is -3.79. The number of carbonyl (C=O) groups excluding carboxylic acids is 1. The fourth-order valence-electron chi connectivity index (χ4n) is 3.25. The van der Waals surface area contributed by atoms with Gasteiger partial charge in [0.25, 0.3) is 5.91 Å². The van der Waals surface area contributed by atoms with Crippen LogP contribution >= 0.6 is 0 Å². The van der Waals surface area contributed by atoms with E-state index in [4.69, 9.17) is 4.42 Å². The summed E-state index contributed by atoms with van der Waals surface area (Å²) in [6, 6.07) is 21.1. The van der Waals surface area contributed by atoms with Crippen LogP contribution < -0.4 is 5.32 Å². The van der Waals surface area contributed by atoms with Crippen molar-refractivity contribution >= 4 is 15.7 Å². The highest BCUT2D eigenvalue weighted by Gasteiger charge is 2.21. The first-order chi connectivity index (χ1) is 15.8. The van der Waals surface area contributed by atoms with Crippen LogP contribution in [0.4, 0.5) is 4.39 Å². The molecule has 0 spiro atoms. The van der Waals surface area contributed by atoms with E-state index in [1.165, 1.54) is 18.2 Å². The van der Waals surface area contributed by atoms with E-state index in [9.17, 15) is 17.6 Å². The average molecular weight is 465 g/mol. The highest BCUT2D eigenvalue weighted by Crippen LogP contribution is 2.25. The molecule has 0 unspecified atom stereocenters. The number of hydrogen-bond donors (Lipinski definition) is 1. The highest BCUT2D eigenvalue weighted by atomic mass is 32.2. The fourth-order valence-corrected chi connectivity index (χ4v) is 4.63. The number of sulfone groups is 1. The third-order valence-corrected chi connectivity index (χ3v) is 6.69. The van der Waals surface area contributed by atoms with Gasteiger partial charge in [-0.25, -0.2) is 17.8 Å². The molecule has 0 fully saturated rings. The van der Waals surface area contributed by atoms with E-state index in [1.54, 1.807) is 31.2 Å². The summed E-state index contributed by atoms with van der Waals surface area (Å²) in [5.74, 6) is -0.647. The van der Waals surface area contributed by atoms with Gasteiger partial charge in [0.15, 0.2) is 9.84 Å². The Bertz CT molecular complexity index is 1380. The maximum atomic E-state index is 13.4. The molecule has 6 nitrogen and oxygen atoms in total. The predicted octanol–water partition coefficient (Wildman–Crippen LogP) is 4.69. The molecule has 4 rings (SSSR count). The Labute approximate surface area is 191 Å². The molecule has 0 saturated heterocycles. The minimum atomic E-state index is -3.79. The molecule has 1 N–H and O–H groups in total. The molecule has 0 atom stereocenters. The molecular formula is C25H21FN2O4S. The zero-order chi connectivity index (χ0) is 23.4. The molecule has 4 aromatic rings. The van der Waals surface area contributed by atoms with Crippen LogP contribution in [0.25, 0.3) is 11.5 Å². The second-order valence-electron chi connectivity index (χ2n) is 7.48. The van der Waals surface area contributed by atoms with Crippen LogP contribution in [-0.4, -0.2) is 19.3 Å². The smallest absolute Gasteiger partial charge is 0.251 e. The van der Waals surface area contributed by atoms with Crippen LogP contribution in [0.1, 0.15) is 27.4 Å². The minimum Gasteiger partial charge on any atom is -0.441 e. The standard InChI is InChI=1S/C25H21FN2O4S/c1-17-23(16-33(30,31)22-9-5-8-21(26)14-22)28-25(32-17)20-12-10-19(11-13-20)24(29)27-15-18-6-3-2-4-7-18/h2-14H,15-16H2,1H3,(H,27,29). The van der Waals surface area contributed by atoms with Crippen molar-refractivity contribution < 1.29 is 22.0 Å². The third kappa shape index (κ3) is 5.35. The third-order valence-electron chi connectivity index (χ3n) is 5.06. The van der Waals surface area contributed by atoms with E-state index in [0.717, 1.165) is 11.6 Å². The number of amides is 1. The van der Waals surface area contributed by atoms with Crippen molar-refractivity contribution in [2.24, 2.45) is 0 Å². The van der Waals surface area contributed by atoms with Crippen molar-refractivity contribution in [3.8, 4) is 11.5 Å². The number of halogens is 1. The largest absolute Gasteiger partial charge is 0.441 e. The normalized spacial score (nSPS) is 11.3. The lowest BCUT2D eigenvalue weighted by atomic mass is 10.1. The van der Waals surface area contributed by atoms with Crippen molar-refractivity contribution in [1.82, 2.24) is 10.3 Å². The van der Waals surface area contributed by atoms with E-state index in [0.29, 0.717) is 23.4 Å². The summed E-state index contributed by atoms with van der Waals surface area (Å²) in [6.07, 6.45) is 0. The maximum Gasteiger partial charge on any atom is 0.251 e. The molecule has 0 aliphatic heterocycles. The number of aryl methyl sites for hydroxylation is 1. The molecular weight excluding hydrogens is 443 g/mol. The molecule has 0 aliphatic rings. The lowest BCUT2D eigenvalue weighted by molar-refractivity contribution is 0.0951. The number of carbonyl (C=O) groups is 1. The Balaban J connectivity index is 1.47. The molecule has 8 heteroatoms. The highest BCUT2D eigenvalue weighted by molar-refractivity contribution is 7.90. The molecule has 0 aliphatic carbocycles. The second-order valence-corrected chi connectivity index (χ2v) is 9.47. The molecule has 0 radical (unpaired) electrons. The number of benzene rings is 3. The number of aromatic nitrogens is 1. The van der Waals surface area contributed by atoms with Gasteiger partial charge in [-0.15, -0.1) is 0 Å². The van der Waals surface area contributed by atoms with Gasteiger partial charge in [-0.3, -0.25) is 4.79 Å². The zero-order valence-corrected chi connectivity index (χ0v) is 18.6. The number of oxazole rings is 1. The zero-order valence-electron chi connectivity index (χ0n) is 17.8. The van der Waals surface area contributed by atoms with Crippen LogP contribution in [0.3, 0.4) is 0 Å². The van der Waals surface area contributed by atoms with Crippen LogP contribution in [0.5, 0.6) is 0 Å². The monoisotopic (exact) mass is 464 g/mol. The van der Waals surface area contributed by atoms with E-state index < -0.39 is 21.4 Å². The number of hydrogen-bond acceptors (Lipinski definition) is 5. The van der Waals surface area contributed by atoms with Crippen molar-refractivity contribution in [2.45, 2.75) is 24.1 Å². The van der Waals surface area contributed by atoms with Gasteiger partial charge in [0, 0.05) is 17.7 Å². The van der Waals surface area contributed by atoms with E-state index >= 15 is 0 Å². The number of nitrogens with one attached hydrogen (secondary N) is 1. The van der Waals surface area contributed by atoms with Crippen molar-refractivity contribution in [2.75, 3.05) is 0 Å². The van der Waals surface area contributed by atoms with Gasteiger partial charge in [-0.2, -0.15) is 0 Å². The van der Waals surface area contributed by atoms with Crippen molar-refractivity contribution in [1.29, 1.82) is 0 Å². The molecule has 33 heavy (non-hydrogen) atoms. The van der Waals surface area contributed by atoms with Crippen molar-refractivity contribution in [3.05, 3.63) is 107 Å². The topological polar surface area (TPSA) is 89.3 Å². The Hall–Kier alpha value is -3.78. The number of nitrogens with zero attached hydrogens (tertiary/aromatic N) is 1. The van der Waals surface area contributed by atoms with Crippen LogP contribution in [0, 0.1) is 12.7 Å². The van der Waals surface area contributed by atoms with Gasteiger partial charge in [0.1, 0.15) is 17.3 Å². The van der Waals surface area contributed by atoms with Gasteiger partial charge < -0.3 is 9.73 Å². The Morgan fingerprint density at radius 1 is 1.00 bits per heavy atom. The fraction of sp³-hybridized carbons (Fsp3) is 0.120. The van der Waals surface area contributed by atoms with Gasteiger partial charge in [0.2, 0.25) is 5.89 Å². The summed E-state index contributed by atoms with van der Waals surface area (Å²) < 4.78 is 44.4. The molecule has 1 heterocycles. The minimum absolute atomic E-state index is 0.114. The molecule has 1 aromatic heterocycles. The predicted molar refractivity (Wildman–Crippen MR) is 122 cm³/mol. The summed E-state index contributed by atoms with van der Waals surface area (Å²) in [5.41, 5.74) is 2.33. The molecule has 1 amide bonds. The quantitative estimate of drug-likeness (QED) is 0.429. The summed E-state index contributed by atoms with van der Waals surface area (Å²) in [5, 5.41) is 2.86. The Kier molecular flexibility index (Phi) is 6.37. The van der Waals surface area contributed by atoms with Crippen LogP contribution in [0.15, 0.2) is 88.2 Å². The first-order valence-electron chi connectivity index (χ1n) is 10.2. The second kappa shape index (κ2) is 9.38. The lowest BCUT2D eigenvalue weighted by Gasteiger charge is -2.05. The first-order valence-corrected chi connectivity index (χ1v) is 11.8. The van der Waals surface area contributed by atoms with E-state index in [1.807, 2.05) is 30.3 Å². The summed E-state index contributed by atoms with van der Waals surface area (Å²) in [6.45, 7) is 2.04. The molecule has 168 valence electrons. The van der Waals surface area contributed by atoms with Gasteiger partial charge in [-0.05, 0) is 55.0 Å². The Morgan fingerprint density at radius 3 is 2.42 bits per heavy atom. The molecule has 0 saturated carbocycles. The maximum absolute atomic E-state index is 13.4. The Morgan fingerprint density at radius 2 is 1.73 bits per heavy atom. The molecule has 3 aromatic carbocycles. The summed E-state index contributed by atoms with van der Waals surface area (Å²) >= 11 is 0. The summed E-state index contributed by atoms with van der Waals surface area (Å²) in [4.78, 5) is 16.6. The van der Waals surface area contributed by atoms with Crippen molar-refractivity contribution in [3.63, 3.8) is 0 Å². The van der Waals surface area contributed by atoms with Gasteiger partial charge >= 0.3 is 0 Å². The van der Waals surface area contributed by atoms with Crippen LogP contribution in [0.2, 0.25) is 0 Å². The number of rotatable bonds is 7. The lowest BCUT2D eigenvalue weighted by Crippen LogP contribution is -2.22. The van der Waals surface area contributed by atoms with Gasteiger partial charge in [-0.1, -0.05) is 36.4 Å². The van der Waals surface area contributed by atoms with E-state index in [-0.39, 0.29) is 22.4 Å². The SMILES string of the molecule is Cc1oc(-c2ccc(C(=O)NCc3ccccc3)cc2)nc1CS(=O)(=O)c1cccc(F)c1. The molecule has 0 bridgehead atoms. The average Bonchev–Trinajstić information content (AvgIpc) is 3.17. The van der Waals surface area contributed by atoms with Gasteiger partial charge in [0.05, 0.1) is 10.6 Å². The van der Waals surface area contributed by atoms with E-state index in [2.05, 4.69) is 10.3 Å². The first kappa shape index (κ1) is 22.4. The van der Waals surface area contributed by atoms with Crippen LogP contribution in [-0.2, 0) is 22.1 Å².